The number of nitrogens with one attached hydrogen (secondary N) is 2. The highest BCUT2D eigenvalue weighted by Gasteiger charge is 2.11. The van der Waals surface area contributed by atoms with E-state index in [9.17, 15) is 9.59 Å². The van der Waals surface area contributed by atoms with Crippen molar-refractivity contribution in [3.8, 4) is 11.5 Å². The van der Waals surface area contributed by atoms with Crippen molar-refractivity contribution < 1.29 is 4.79 Å². The highest BCUT2D eigenvalue weighted by atomic mass is 16.2. The zero-order valence-corrected chi connectivity index (χ0v) is 13.6. The molecule has 4 rings (SSSR count). The van der Waals surface area contributed by atoms with Crippen molar-refractivity contribution in [3.05, 3.63) is 71.1 Å². The van der Waals surface area contributed by atoms with Gasteiger partial charge in [-0.1, -0.05) is 18.2 Å². The number of fused-ring (bicyclic) bond motifs is 1. The molecule has 0 aliphatic heterocycles. The number of hydrogen-bond acceptors (Lipinski definition) is 5. The van der Waals surface area contributed by atoms with Crippen LogP contribution in [0, 0.1) is 0 Å². The average Bonchev–Trinajstić information content (AvgIpc) is 3.13. The monoisotopic (exact) mass is 346 g/mol. The molecule has 0 spiro atoms. The molecule has 8 heteroatoms. The van der Waals surface area contributed by atoms with Crippen LogP contribution in [0.5, 0.6) is 0 Å². The maximum atomic E-state index is 12.3. The van der Waals surface area contributed by atoms with Crippen LogP contribution in [0.1, 0.15) is 0 Å². The normalized spacial score (nSPS) is 10.8. The average molecular weight is 346 g/mol. The van der Waals surface area contributed by atoms with Gasteiger partial charge in [0.05, 0.1) is 5.52 Å². The minimum Gasteiger partial charge on any atom is -0.338 e. The van der Waals surface area contributed by atoms with Gasteiger partial charge in [-0.25, -0.2) is 0 Å². The number of carbonyl (C=O) groups excluding carboxylic acids is 1. The minimum atomic E-state index is -0.301. The summed E-state index contributed by atoms with van der Waals surface area (Å²) in [5.41, 5.74) is 1.25. The zero-order valence-electron chi connectivity index (χ0n) is 13.6. The van der Waals surface area contributed by atoms with Crippen molar-refractivity contribution in [2.75, 3.05) is 5.32 Å². The molecule has 0 atom stereocenters. The summed E-state index contributed by atoms with van der Waals surface area (Å²) >= 11 is 0. The van der Waals surface area contributed by atoms with E-state index < -0.39 is 0 Å². The first-order chi connectivity index (χ1) is 12.7. The number of hydrogen-bond donors (Lipinski definition) is 2. The molecule has 0 aliphatic rings. The quantitative estimate of drug-likeness (QED) is 0.586. The van der Waals surface area contributed by atoms with E-state index in [1.807, 2.05) is 12.1 Å². The highest BCUT2D eigenvalue weighted by molar-refractivity contribution is 5.90. The first kappa shape index (κ1) is 15.7. The molecule has 0 saturated carbocycles. The number of pyridine rings is 2. The van der Waals surface area contributed by atoms with Gasteiger partial charge >= 0.3 is 0 Å². The van der Waals surface area contributed by atoms with Crippen molar-refractivity contribution >= 4 is 22.8 Å². The van der Waals surface area contributed by atoms with Crippen molar-refractivity contribution in [2.24, 2.45) is 0 Å². The number of amides is 1. The molecule has 2 N–H and O–H groups in total. The topological polar surface area (TPSA) is 106 Å². The number of nitrogens with zero attached hydrogens (tertiary/aromatic N) is 4. The van der Waals surface area contributed by atoms with Gasteiger partial charge in [0.15, 0.2) is 11.3 Å². The second-order valence-corrected chi connectivity index (χ2v) is 5.60. The van der Waals surface area contributed by atoms with Gasteiger partial charge in [0.1, 0.15) is 12.2 Å². The van der Waals surface area contributed by atoms with Gasteiger partial charge < -0.3 is 4.57 Å². The van der Waals surface area contributed by atoms with Crippen molar-refractivity contribution in [1.29, 1.82) is 0 Å². The van der Waals surface area contributed by atoms with Crippen LogP contribution in [-0.4, -0.2) is 30.6 Å². The number of anilines is 1. The first-order valence-electron chi connectivity index (χ1n) is 7.92. The van der Waals surface area contributed by atoms with E-state index in [1.165, 1.54) is 6.07 Å². The van der Waals surface area contributed by atoms with Crippen LogP contribution < -0.4 is 10.7 Å². The predicted octanol–water partition coefficient (Wildman–Crippen LogP) is 1.82. The summed E-state index contributed by atoms with van der Waals surface area (Å²) < 4.78 is 1.71. The summed E-state index contributed by atoms with van der Waals surface area (Å²) in [4.78, 5) is 32.6. The van der Waals surface area contributed by atoms with Gasteiger partial charge in [-0.15, -0.1) is 5.10 Å². The Morgan fingerprint density at radius 1 is 1.12 bits per heavy atom. The molecule has 3 aromatic heterocycles. The molecule has 0 bridgehead atoms. The predicted molar refractivity (Wildman–Crippen MR) is 96.5 cm³/mol. The SMILES string of the molecule is O=C(Cn1ccc(=O)c2ccccc21)Nc1n[nH]c(-c2ccccn2)n1. The Labute approximate surface area is 147 Å². The fourth-order valence-electron chi connectivity index (χ4n) is 2.65. The second-order valence-electron chi connectivity index (χ2n) is 5.60. The zero-order chi connectivity index (χ0) is 17.9. The molecular weight excluding hydrogens is 332 g/mol. The molecule has 1 amide bonds. The van der Waals surface area contributed by atoms with Crippen LogP contribution in [0.15, 0.2) is 65.7 Å². The lowest BCUT2D eigenvalue weighted by Gasteiger charge is -2.09. The molecule has 4 aromatic rings. The van der Waals surface area contributed by atoms with Crippen molar-refractivity contribution in [3.63, 3.8) is 0 Å². The van der Waals surface area contributed by atoms with Crippen molar-refractivity contribution in [2.45, 2.75) is 6.54 Å². The molecule has 0 unspecified atom stereocenters. The van der Waals surface area contributed by atoms with Gasteiger partial charge in [0.25, 0.3) is 0 Å². The lowest BCUT2D eigenvalue weighted by molar-refractivity contribution is -0.116. The molecule has 26 heavy (non-hydrogen) atoms. The maximum Gasteiger partial charge on any atom is 0.249 e. The number of carbonyl (C=O) groups is 1. The molecule has 128 valence electrons. The third-order valence-electron chi connectivity index (χ3n) is 3.84. The molecular formula is C18H14N6O2. The molecule has 0 aliphatic carbocycles. The van der Waals surface area contributed by atoms with E-state index in [0.29, 0.717) is 22.4 Å². The number of aromatic amines is 1. The number of aromatic nitrogens is 5. The summed E-state index contributed by atoms with van der Waals surface area (Å²) in [5, 5.41) is 9.93. The summed E-state index contributed by atoms with van der Waals surface area (Å²) in [6, 6.07) is 14.0. The van der Waals surface area contributed by atoms with Crippen LogP contribution in [-0.2, 0) is 11.3 Å². The van der Waals surface area contributed by atoms with E-state index in [2.05, 4.69) is 25.5 Å². The number of para-hydroxylation sites is 1. The van der Waals surface area contributed by atoms with E-state index >= 15 is 0 Å². The van der Waals surface area contributed by atoms with Gasteiger partial charge in [-0.2, -0.15) is 4.98 Å². The van der Waals surface area contributed by atoms with Crippen LogP contribution in [0.2, 0.25) is 0 Å². The van der Waals surface area contributed by atoms with Gasteiger partial charge in [-0.3, -0.25) is 25.0 Å². The first-order valence-corrected chi connectivity index (χ1v) is 7.92. The molecule has 3 heterocycles. The summed E-state index contributed by atoms with van der Waals surface area (Å²) in [6.45, 7) is 0.0360. The number of benzene rings is 1. The minimum absolute atomic E-state index is 0.0360. The number of rotatable bonds is 4. The Hall–Kier alpha value is -3.81. The Morgan fingerprint density at radius 3 is 2.81 bits per heavy atom. The van der Waals surface area contributed by atoms with Gasteiger partial charge in [0, 0.05) is 23.8 Å². The smallest absolute Gasteiger partial charge is 0.249 e. The Balaban J connectivity index is 1.53. The Morgan fingerprint density at radius 2 is 1.96 bits per heavy atom. The van der Waals surface area contributed by atoms with Crippen LogP contribution in [0.3, 0.4) is 0 Å². The standard InChI is InChI=1S/C18H14N6O2/c25-15-8-10-24(14-7-2-1-5-12(14)15)11-16(26)20-18-21-17(22-23-18)13-6-3-4-9-19-13/h1-10H,11H2,(H2,20,21,22,23,26). The van der Waals surface area contributed by atoms with Gasteiger partial charge in [0.2, 0.25) is 11.9 Å². The highest BCUT2D eigenvalue weighted by Crippen LogP contribution is 2.13. The van der Waals surface area contributed by atoms with Crippen LogP contribution >= 0.6 is 0 Å². The molecule has 1 aromatic carbocycles. The molecule has 0 radical (unpaired) electrons. The Bertz CT molecular complexity index is 1130. The van der Waals surface area contributed by atoms with E-state index in [0.717, 1.165) is 0 Å². The largest absolute Gasteiger partial charge is 0.338 e. The van der Waals surface area contributed by atoms with Gasteiger partial charge in [-0.05, 0) is 24.3 Å². The Kier molecular flexibility index (Phi) is 3.98. The van der Waals surface area contributed by atoms with Crippen LogP contribution in [0.25, 0.3) is 22.4 Å². The van der Waals surface area contributed by atoms with E-state index in [4.69, 9.17) is 0 Å². The summed E-state index contributed by atoms with van der Waals surface area (Å²) in [5.74, 6) is 0.334. The number of H-pyrrole nitrogens is 1. The van der Waals surface area contributed by atoms with E-state index in [-0.39, 0.29) is 23.8 Å². The molecule has 0 fully saturated rings. The summed E-state index contributed by atoms with van der Waals surface area (Å²) in [6.07, 6.45) is 3.25. The maximum absolute atomic E-state index is 12.3. The third-order valence-corrected chi connectivity index (χ3v) is 3.84. The molecule has 0 saturated heterocycles. The lowest BCUT2D eigenvalue weighted by atomic mass is 10.2. The fraction of sp³-hybridized carbons (Fsp3) is 0.0556. The summed E-state index contributed by atoms with van der Waals surface area (Å²) in [7, 11) is 0. The second kappa shape index (κ2) is 6.60. The van der Waals surface area contributed by atoms with E-state index in [1.54, 1.807) is 47.3 Å². The van der Waals surface area contributed by atoms with Crippen molar-refractivity contribution in [1.82, 2.24) is 24.7 Å². The fourth-order valence-corrected chi connectivity index (χ4v) is 2.65. The lowest BCUT2D eigenvalue weighted by Crippen LogP contribution is -2.21. The third kappa shape index (κ3) is 3.07. The molecule has 8 nitrogen and oxygen atoms in total. The van der Waals surface area contributed by atoms with Crippen LogP contribution in [0.4, 0.5) is 5.95 Å².